The van der Waals surface area contributed by atoms with Gasteiger partial charge in [-0.3, -0.25) is 9.59 Å². The predicted molar refractivity (Wildman–Crippen MR) is 163 cm³/mol. The highest BCUT2D eigenvalue weighted by Crippen LogP contribution is 2.08. The highest BCUT2D eigenvalue weighted by Gasteiger charge is 1.96. The molecule has 0 aromatic carbocycles. The molecule has 6 N–H and O–H groups in total. The van der Waals surface area contributed by atoms with Crippen molar-refractivity contribution in [2.75, 3.05) is 79.3 Å². The Hall–Kier alpha value is -1.38. The van der Waals surface area contributed by atoms with Crippen molar-refractivity contribution in [3.63, 3.8) is 0 Å². The average Bonchev–Trinajstić information content (AvgIpc) is 2.97. The lowest BCUT2D eigenvalue weighted by atomic mass is 10.1. The molecular weight excluding hydrogens is 552 g/mol. The smallest absolute Gasteiger partial charge is 0.303 e. The average molecular weight is 617 g/mol. The summed E-state index contributed by atoms with van der Waals surface area (Å²) in [5.41, 5.74) is 0. The lowest BCUT2D eigenvalue weighted by Crippen LogP contribution is -2.09. The number of unbranched alkanes of at least 4 members (excludes halogenated alkanes) is 10. The number of hydrogen-bond donors (Lipinski definition) is 6. The molecular formula is C30H64O12. The Bertz CT molecular complexity index is 449. The number of hydrogen-bond acceptors (Lipinski definition) is 10. The van der Waals surface area contributed by atoms with Gasteiger partial charge in [-0.15, -0.1) is 0 Å². The number of rotatable bonds is 28. The fourth-order valence-corrected chi connectivity index (χ4v) is 3.02. The summed E-state index contributed by atoms with van der Waals surface area (Å²) in [7, 11) is 0. The first-order valence-corrected chi connectivity index (χ1v) is 15.6. The van der Waals surface area contributed by atoms with E-state index in [0.29, 0.717) is 65.7 Å². The summed E-state index contributed by atoms with van der Waals surface area (Å²) < 4.78 is 19.5. The van der Waals surface area contributed by atoms with E-state index < -0.39 is 11.9 Å². The van der Waals surface area contributed by atoms with Gasteiger partial charge in [-0.2, -0.15) is 0 Å². The Morgan fingerprint density at radius 2 is 0.643 bits per heavy atom. The van der Waals surface area contributed by atoms with Gasteiger partial charge in [-0.25, -0.2) is 0 Å². The molecule has 0 saturated carbocycles. The normalized spacial score (nSPS) is 10.0. The molecule has 0 aromatic heterocycles. The van der Waals surface area contributed by atoms with Crippen molar-refractivity contribution in [1.29, 1.82) is 0 Å². The molecule has 0 unspecified atom stereocenters. The summed E-state index contributed by atoms with van der Waals surface area (Å²) in [5.74, 6) is -1.33. The molecule has 0 saturated heterocycles. The number of aliphatic hydroxyl groups excluding tert-OH is 4. The molecule has 0 heterocycles. The molecule has 0 amide bonds. The number of carbonyl (C=O) groups is 2. The molecule has 256 valence electrons. The van der Waals surface area contributed by atoms with Gasteiger partial charge in [0, 0.05) is 12.8 Å². The summed E-state index contributed by atoms with van der Waals surface area (Å²) in [6, 6.07) is 0. The van der Waals surface area contributed by atoms with Crippen molar-refractivity contribution in [2.24, 2.45) is 0 Å². The van der Waals surface area contributed by atoms with E-state index in [4.69, 9.17) is 49.6 Å². The van der Waals surface area contributed by atoms with Crippen molar-refractivity contribution >= 4 is 11.9 Å². The number of ether oxygens (including phenoxy) is 4. The van der Waals surface area contributed by atoms with Crippen LogP contribution >= 0.6 is 0 Å². The first kappa shape index (κ1) is 47.5. The van der Waals surface area contributed by atoms with Gasteiger partial charge in [0.15, 0.2) is 0 Å². The number of aliphatic carboxylic acids is 2. The van der Waals surface area contributed by atoms with Crippen LogP contribution in [0, 0.1) is 0 Å². The summed E-state index contributed by atoms with van der Waals surface area (Å²) in [4.78, 5) is 20.2. The van der Waals surface area contributed by atoms with Crippen LogP contribution in [0.15, 0.2) is 0 Å². The molecule has 0 bridgehead atoms. The van der Waals surface area contributed by atoms with Gasteiger partial charge in [-0.05, 0) is 12.8 Å². The van der Waals surface area contributed by atoms with Crippen LogP contribution in [0.4, 0.5) is 0 Å². The Morgan fingerprint density at radius 3 is 0.857 bits per heavy atom. The summed E-state index contributed by atoms with van der Waals surface area (Å²) in [5, 5.41) is 49.7. The lowest BCUT2D eigenvalue weighted by molar-refractivity contribution is -0.138. The van der Waals surface area contributed by atoms with E-state index >= 15 is 0 Å². The third-order valence-corrected chi connectivity index (χ3v) is 5.17. The maximum Gasteiger partial charge on any atom is 0.303 e. The SMILES string of the molecule is CCCCCCCC(=O)O.CCCCCCCCCC(=O)O.OCCOCCOCCO.OCCOCCOCCO. The second-order valence-corrected chi connectivity index (χ2v) is 9.17. The second kappa shape index (κ2) is 49.3. The predicted octanol–water partition coefficient (Wildman–Crippen LogP) is 3.65. The van der Waals surface area contributed by atoms with Gasteiger partial charge in [0.25, 0.3) is 0 Å². The quantitative estimate of drug-likeness (QED) is 0.0700. The maximum absolute atomic E-state index is 10.1. The lowest BCUT2D eigenvalue weighted by Gasteiger charge is -2.01. The minimum absolute atomic E-state index is 0.0417. The third-order valence-electron chi connectivity index (χ3n) is 5.17. The minimum atomic E-state index is -0.670. The molecule has 0 atom stereocenters. The molecule has 0 aliphatic rings. The van der Waals surface area contributed by atoms with Crippen molar-refractivity contribution in [2.45, 2.75) is 104 Å². The fraction of sp³-hybridized carbons (Fsp3) is 0.933. The summed E-state index contributed by atoms with van der Waals surface area (Å²) >= 11 is 0. The molecule has 0 aromatic rings. The molecule has 0 aliphatic carbocycles. The Labute approximate surface area is 254 Å². The van der Waals surface area contributed by atoms with Crippen LogP contribution < -0.4 is 0 Å². The first-order chi connectivity index (χ1) is 20.4. The molecule has 0 rings (SSSR count). The van der Waals surface area contributed by atoms with Crippen LogP contribution in [0.1, 0.15) is 104 Å². The molecule has 0 fully saturated rings. The number of aliphatic hydroxyl groups is 4. The highest BCUT2D eigenvalue weighted by molar-refractivity contribution is 5.66. The van der Waals surface area contributed by atoms with Gasteiger partial charge >= 0.3 is 11.9 Å². The molecule has 0 radical (unpaired) electrons. The van der Waals surface area contributed by atoms with Gasteiger partial charge in [0.05, 0.1) is 79.3 Å². The van der Waals surface area contributed by atoms with Gasteiger partial charge in [-0.1, -0.05) is 78.1 Å². The standard InChI is InChI=1S/C10H20O2.C8H16O2.2C6H14O4/c1-2-3-4-5-6-7-8-9-10(11)12;1-2-3-4-5-6-7-8(9)10;2*7-1-3-9-5-6-10-4-2-8/h2-9H2,1H3,(H,11,12);2-7H2,1H3,(H,9,10);2*7-8H,1-6H2. The Morgan fingerprint density at radius 1 is 0.405 bits per heavy atom. The second-order valence-electron chi connectivity index (χ2n) is 9.17. The third kappa shape index (κ3) is 66.7. The van der Waals surface area contributed by atoms with Gasteiger partial charge < -0.3 is 49.6 Å². The molecule has 12 nitrogen and oxygen atoms in total. The monoisotopic (exact) mass is 616 g/mol. The van der Waals surface area contributed by atoms with Crippen LogP contribution in [0.3, 0.4) is 0 Å². The first-order valence-electron chi connectivity index (χ1n) is 15.6. The molecule has 0 spiro atoms. The van der Waals surface area contributed by atoms with Crippen LogP contribution in [0.25, 0.3) is 0 Å². The topological polar surface area (TPSA) is 192 Å². The molecule has 12 heteroatoms. The van der Waals surface area contributed by atoms with E-state index in [9.17, 15) is 9.59 Å². The zero-order valence-electron chi connectivity index (χ0n) is 26.5. The van der Waals surface area contributed by atoms with E-state index in [0.717, 1.165) is 25.7 Å². The van der Waals surface area contributed by atoms with E-state index in [1.54, 1.807) is 0 Å². The summed E-state index contributed by atoms with van der Waals surface area (Å²) in [6.45, 7) is 7.81. The largest absolute Gasteiger partial charge is 0.481 e. The Kier molecular flexibility index (Phi) is 55.8. The van der Waals surface area contributed by atoms with Crippen molar-refractivity contribution < 1.29 is 59.2 Å². The minimum Gasteiger partial charge on any atom is -0.481 e. The molecule has 42 heavy (non-hydrogen) atoms. The van der Waals surface area contributed by atoms with Crippen molar-refractivity contribution in [3.05, 3.63) is 0 Å². The zero-order valence-corrected chi connectivity index (χ0v) is 26.5. The number of carboxylic acid groups (broad SMARTS) is 2. The van der Waals surface area contributed by atoms with Crippen molar-refractivity contribution in [3.8, 4) is 0 Å². The highest BCUT2D eigenvalue weighted by atomic mass is 16.5. The summed E-state index contributed by atoms with van der Waals surface area (Å²) in [6.07, 6.45) is 14.5. The van der Waals surface area contributed by atoms with Crippen molar-refractivity contribution in [1.82, 2.24) is 0 Å². The molecule has 0 aliphatic heterocycles. The number of carboxylic acids is 2. The van der Waals surface area contributed by atoms with Gasteiger partial charge in [0.1, 0.15) is 0 Å². The van der Waals surface area contributed by atoms with E-state index in [1.807, 2.05) is 0 Å². The van der Waals surface area contributed by atoms with Crippen LogP contribution in [-0.2, 0) is 28.5 Å². The van der Waals surface area contributed by atoms with Crippen LogP contribution in [0.2, 0.25) is 0 Å². The van der Waals surface area contributed by atoms with E-state index in [-0.39, 0.29) is 26.4 Å². The van der Waals surface area contributed by atoms with Crippen LogP contribution in [-0.4, -0.2) is 122 Å². The Balaban J connectivity index is -0.000000230. The van der Waals surface area contributed by atoms with E-state index in [2.05, 4.69) is 13.8 Å². The van der Waals surface area contributed by atoms with Gasteiger partial charge in [0.2, 0.25) is 0 Å². The maximum atomic E-state index is 10.1. The van der Waals surface area contributed by atoms with E-state index in [1.165, 1.54) is 51.4 Å². The fourth-order valence-electron chi connectivity index (χ4n) is 3.02. The van der Waals surface area contributed by atoms with Crippen LogP contribution in [0.5, 0.6) is 0 Å². The zero-order chi connectivity index (χ0) is 32.4.